The summed E-state index contributed by atoms with van der Waals surface area (Å²) in [5.74, 6) is 0. The number of ether oxygens (including phenoxy) is 1. The van der Waals surface area contributed by atoms with Crippen LogP contribution in [0.5, 0.6) is 0 Å². The average Bonchev–Trinajstić information content (AvgIpc) is 2.76. The molecule has 0 radical (unpaired) electrons. The minimum atomic E-state index is 0.256. The zero-order valence-electron chi connectivity index (χ0n) is 13.5. The van der Waals surface area contributed by atoms with E-state index in [-0.39, 0.29) is 5.41 Å². The first-order valence-corrected chi connectivity index (χ1v) is 7.96. The molecule has 0 spiro atoms. The van der Waals surface area contributed by atoms with Crippen molar-refractivity contribution < 1.29 is 4.74 Å². The molecule has 1 fully saturated rings. The maximum absolute atomic E-state index is 5.91. The van der Waals surface area contributed by atoms with Crippen LogP contribution in [0, 0.1) is 19.3 Å². The highest BCUT2D eigenvalue weighted by Crippen LogP contribution is 2.39. The van der Waals surface area contributed by atoms with Gasteiger partial charge in [0.2, 0.25) is 0 Å². The molecule has 1 aliphatic heterocycles. The maximum Gasteiger partial charge on any atom is 0.0619 e. The molecule has 2 heteroatoms. The Morgan fingerprint density at radius 2 is 2.00 bits per heavy atom. The molecular formula is C18H29NO. The van der Waals surface area contributed by atoms with E-state index in [9.17, 15) is 0 Å². The van der Waals surface area contributed by atoms with Crippen LogP contribution in [0.15, 0.2) is 18.2 Å². The predicted molar refractivity (Wildman–Crippen MR) is 85.2 cm³/mol. The first kappa shape index (κ1) is 15.5. The summed E-state index contributed by atoms with van der Waals surface area (Å²) >= 11 is 0. The Balaban J connectivity index is 2.20. The van der Waals surface area contributed by atoms with Crippen molar-refractivity contribution in [3.05, 3.63) is 34.9 Å². The highest BCUT2D eigenvalue weighted by molar-refractivity contribution is 5.34. The van der Waals surface area contributed by atoms with Gasteiger partial charge < -0.3 is 10.1 Å². The maximum atomic E-state index is 5.91. The van der Waals surface area contributed by atoms with Gasteiger partial charge in [-0.3, -0.25) is 0 Å². The van der Waals surface area contributed by atoms with Crippen LogP contribution in [-0.4, -0.2) is 25.8 Å². The summed E-state index contributed by atoms with van der Waals surface area (Å²) in [6, 6.07) is 6.62. The van der Waals surface area contributed by atoms with E-state index in [1.807, 2.05) is 0 Å². The Kier molecular flexibility index (Phi) is 5.22. The molecule has 1 N–H and O–H groups in total. The minimum Gasteiger partial charge on any atom is -0.378 e. The van der Waals surface area contributed by atoms with Crippen LogP contribution >= 0.6 is 0 Å². The number of hydrogen-bond acceptors (Lipinski definition) is 2. The average molecular weight is 275 g/mol. The van der Waals surface area contributed by atoms with Crippen molar-refractivity contribution in [2.24, 2.45) is 5.41 Å². The van der Waals surface area contributed by atoms with Crippen molar-refractivity contribution in [1.82, 2.24) is 5.32 Å². The van der Waals surface area contributed by atoms with Crippen molar-refractivity contribution >= 4 is 0 Å². The molecule has 1 aliphatic rings. The van der Waals surface area contributed by atoms with Gasteiger partial charge in [0.25, 0.3) is 0 Å². The van der Waals surface area contributed by atoms with Gasteiger partial charge in [-0.2, -0.15) is 0 Å². The normalized spacial score (nSPS) is 26.1. The third kappa shape index (κ3) is 3.24. The van der Waals surface area contributed by atoms with E-state index in [4.69, 9.17) is 4.74 Å². The van der Waals surface area contributed by atoms with E-state index >= 15 is 0 Å². The van der Waals surface area contributed by atoms with Crippen molar-refractivity contribution in [2.75, 3.05) is 19.7 Å². The molecule has 1 heterocycles. The van der Waals surface area contributed by atoms with E-state index in [1.54, 1.807) is 0 Å². The molecule has 0 amide bonds. The summed E-state index contributed by atoms with van der Waals surface area (Å²) in [4.78, 5) is 0. The molecule has 2 unspecified atom stereocenters. The standard InChI is InChI=1S/C18H29NO/c1-5-10-19-13-18(9-11-20-16(18)4)12-17-14(2)7-6-8-15(17)3/h6-8,16,19H,5,9-13H2,1-4H3. The summed E-state index contributed by atoms with van der Waals surface area (Å²) < 4.78 is 5.91. The number of hydrogen-bond donors (Lipinski definition) is 1. The molecule has 1 saturated heterocycles. The lowest BCUT2D eigenvalue weighted by Gasteiger charge is -2.34. The summed E-state index contributed by atoms with van der Waals surface area (Å²) in [7, 11) is 0. The molecule has 112 valence electrons. The Hall–Kier alpha value is -0.860. The number of benzene rings is 1. The number of aryl methyl sites for hydroxylation is 2. The third-order valence-electron chi connectivity index (χ3n) is 4.91. The topological polar surface area (TPSA) is 21.3 Å². The molecule has 0 aromatic heterocycles. The molecule has 2 nitrogen and oxygen atoms in total. The summed E-state index contributed by atoms with van der Waals surface area (Å²) in [5.41, 5.74) is 4.60. The second-order valence-electron chi connectivity index (χ2n) is 6.35. The largest absolute Gasteiger partial charge is 0.378 e. The monoisotopic (exact) mass is 275 g/mol. The molecule has 2 atom stereocenters. The second-order valence-corrected chi connectivity index (χ2v) is 6.35. The molecule has 0 bridgehead atoms. The van der Waals surface area contributed by atoms with Crippen LogP contribution in [0.4, 0.5) is 0 Å². The number of nitrogens with one attached hydrogen (secondary N) is 1. The van der Waals surface area contributed by atoms with E-state index in [2.05, 4.69) is 51.2 Å². The van der Waals surface area contributed by atoms with E-state index in [0.29, 0.717) is 6.10 Å². The Morgan fingerprint density at radius 1 is 1.30 bits per heavy atom. The van der Waals surface area contributed by atoms with Gasteiger partial charge in [0, 0.05) is 18.6 Å². The predicted octanol–water partition coefficient (Wildman–Crippen LogP) is 3.64. The van der Waals surface area contributed by atoms with Gasteiger partial charge in [-0.25, -0.2) is 0 Å². The molecule has 20 heavy (non-hydrogen) atoms. The fourth-order valence-electron chi connectivity index (χ4n) is 3.34. The zero-order valence-corrected chi connectivity index (χ0v) is 13.5. The van der Waals surface area contributed by atoms with E-state index < -0.39 is 0 Å². The lowest BCUT2D eigenvalue weighted by molar-refractivity contribution is 0.0630. The number of rotatable bonds is 6. The highest BCUT2D eigenvalue weighted by atomic mass is 16.5. The van der Waals surface area contributed by atoms with Gasteiger partial charge in [0.05, 0.1) is 6.10 Å². The van der Waals surface area contributed by atoms with Crippen molar-refractivity contribution in [1.29, 1.82) is 0 Å². The van der Waals surface area contributed by atoms with Crippen LogP contribution in [0.2, 0.25) is 0 Å². The lowest BCUT2D eigenvalue weighted by atomic mass is 9.74. The lowest BCUT2D eigenvalue weighted by Crippen LogP contribution is -2.41. The molecule has 0 aliphatic carbocycles. The second kappa shape index (κ2) is 6.73. The van der Waals surface area contributed by atoms with Gasteiger partial charge >= 0.3 is 0 Å². The molecule has 2 rings (SSSR count). The third-order valence-corrected chi connectivity index (χ3v) is 4.91. The Morgan fingerprint density at radius 3 is 2.55 bits per heavy atom. The van der Waals surface area contributed by atoms with E-state index in [0.717, 1.165) is 26.1 Å². The summed E-state index contributed by atoms with van der Waals surface area (Å²) in [5, 5.41) is 3.63. The summed E-state index contributed by atoms with van der Waals surface area (Å²) in [6.07, 6.45) is 3.82. The van der Waals surface area contributed by atoms with Gasteiger partial charge in [0.1, 0.15) is 0 Å². The Bertz CT molecular complexity index is 423. The molecular weight excluding hydrogens is 246 g/mol. The fourth-order valence-corrected chi connectivity index (χ4v) is 3.34. The van der Waals surface area contributed by atoms with Gasteiger partial charge in [-0.1, -0.05) is 25.1 Å². The SMILES string of the molecule is CCCNCC1(Cc2c(C)cccc2C)CCOC1C. The van der Waals surface area contributed by atoms with E-state index in [1.165, 1.54) is 29.5 Å². The van der Waals surface area contributed by atoms with Crippen molar-refractivity contribution in [3.8, 4) is 0 Å². The quantitative estimate of drug-likeness (QED) is 0.800. The molecule has 1 aromatic rings. The molecule has 0 saturated carbocycles. The van der Waals surface area contributed by atoms with Crippen LogP contribution < -0.4 is 5.32 Å². The highest BCUT2D eigenvalue weighted by Gasteiger charge is 2.41. The molecule has 1 aromatic carbocycles. The fraction of sp³-hybridized carbons (Fsp3) is 0.667. The Labute approximate surface area is 123 Å². The van der Waals surface area contributed by atoms with Gasteiger partial charge in [-0.05, 0) is 63.3 Å². The van der Waals surface area contributed by atoms with Crippen LogP contribution in [0.3, 0.4) is 0 Å². The minimum absolute atomic E-state index is 0.256. The first-order valence-electron chi connectivity index (χ1n) is 7.96. The van der Waals surface area contributed by atoms with Gasteiger partial charge in [0.15, 0.2) is 0 Å². The smallest absolute Gasteiger partial charge is 0.0619 e. The van der Waals surface area contributed by atoms with Gasteiger partial charge in [-0.15, -0.1) is 0 Å². The van der Waals surface area contributed by atoms with Crippen LogP contribution in [-0.2, 0) is 11.2 Å². The van der Waals surface area contributed by atoms with Crippen LogP contribution in [0.1, 0.15) is 43.4 Å². The first-order chi connectivity index (χ1) is 9.59. The van der Waals surface area contributed by atoms with Crippen molar-refractivity contribution in [2.45, 2.75) is 53.1 Å². The van der Waals surface area contributed by atoms with Crippen molar-refractivity contribution in [3.63, 3.8) is 0 Å². The summed E-state index contributed by atoms with van der Waals surface area (Å²) in [6.45, 7) is 12.0. The zero-order chi connectivity index (χ0) is 14.6. The van der Waals surface area contributed by atoms with Crippen LogP contribution in [0.25, 0.3) is 0 Å².